The van der Waals surface area contributed by atoms with Crippen LogP contribution in [0.1, 0.15) is 30.1 Å². The molecule has 29 heavy (non-hydrogen) atoms. The Bertz CT molecular complexity index is 1010. The third-order valence-electron chi connectivity index (χ3n) is 5.54. The molecule has 1 aliphatic heterocycles. The van der Waals surface area contributed by atoms with E-state index in [9.17, 15) is 14.4 Å². The minimum Gasteiger partial charge on any atom is -0.497 e. The van der Waals surface area contributed by atoms with Crippen LogP contribution in [0.15, 0.2) is 60.2 Å². The van der Waals surface area contributed by atoms with Crippen molar-refractivity contribution >= 4 is 29.1 Å². The molecule has 6 heteroatoms. The highest BCUT2D eigenvalue weighted by molar-refractivity contribution is 6.22. The van der Waals surface area contributed by atoms with E-state index < -0.39 is 0 Å². The summed E-state index contributed by atoms with van der Waals surface area (Å²) in [6.45, 7) is 1.99. The van der Waals surface area contributed by atoms with Gasteiger partial charge < -0.3 is 10.1 Å². The van der Waals surface area contributed by atoms with E-state index in [-0.39, 0.29) is 29.6 Å². The Morgan fingerprint density at radius 3 is 2.52 bits per heavy atom. The Labute approximate surface area is 169 Å². The smallest absolute Gasteiger partial charge is 0.255 e. The molecule has 0 bridgehead atoms. The predicted octanol–water partition coefficient (Wildman–Crippen LogP) is 3.79. The van der Waals surface area contributed by atoms with Crippen LogP contribution in [0.2, 0.25) is 0 Å². The lowest BCUT2D eigenvalue weighted by Crippen LogP contribution is -2.31. The number of ether oxygens (including phenoxy) is 1. The number of carbonyl (C=O) groups is 3. The first-order valence-corrected chi connectivity index (χ1v) is 9.57. The van der Waals surface area contributed by atoms with E-state index in [1.165, 1.54) is 4.90 Å². The number of anilines is 2. The van der Waals surface area contributed by atoms with Crippen molar-refractivity contribution in [3.63, 3.8) is 0 Å². The monoisotopic (exact) mass is 390 g/mol. The highest BCUT2D eigenvalue weighted by Crippen LogP contribution is 2.39. The first-order valence-electron chi connectivity index (χ1n) is 9.57. The van der Waals surface area contributed by atoms with E-state index in [4.69, 9.17) is 4.74 Å². The molecule has 3 amide bonds. The summed E-state index contributed by atoms with van der Waals surface area (Å²) in [5.74, 6) is -0.586. The number of imide groups is 1. The van der Waals surface area contributed by atoms with Crippen molar-refractivity contribution in [1.82, 2.24) is 0 Å². The summed E-state index contributed by atoms with van der Waals surface area (Å²) in [4.78, 5) is 39.6. The number of methoxy groups -OCH3 is 1. The van der Waals surface area contributed by atoms with Gasteiger partial charge in [0.1, 0.15) is 5.75 Å². The normalized spacial score (nSPS) is 20.9. The SMILES string of the molecule is COc1ccc(NC(=O)c2cccc(N3C(=O)[C@H]4CC=C(C)C[C@@H]4C3=O)c2)cc1. The molecular formula is C23H22N2O4. The maximum Gasteiger partial charge on any atom is 0.255 e. The first kappa shape index (κ1) is 18.9. The van der Waals surface area contributed by atoms with Crippen molar-refractivity contribution in [2.24, 2.45) is 11.8 Å². The molecule has 1 N–H and O–H groups in total. The van der Waals surface area contributed by atoms with Gasteiger partial charge in [-0.05, 0) is 62.2 Å². The zero-order valence-electron chi connectivity index (χ0n) is 16.3. The largest absolute Gasteiger partial charge is 0.497 e. The van der Waals surface area contributed by atoms with Crippen LogP contribution < -0.4 is 15.0 Å². The van der Waals surface area contributed by atoms with E-state index in [1.807, 2.05) is 13.0 Å². The molecule has 2 aromatic rings. The Hall–Kier alpha value is -3.41. The lowest BCUT2D eigenvalue weighted by Gasteiger charge is -2.18. The average molecular weight is 390 g/mol. The lowest BCUT2D eigenvalue weighted by molar-refractivity contribution is -0.122. The van der Waals surface area contributed by atoms with Crippen molar-refractivity contribution in [2.75, 3.05) is 17.3 Å². The van der Waals surface area contributed by atoms with Gasteiger partial charge in [0.2, 0.25) is 11.8 Å². The zero-order chi connectivity index (χ0) is 20.5. The van der Waals surface area contributed by atoms with E-state index >= 15 is 0 Å². The number of nitrogens with zero attached hydrogens (tertiary/aromatic N) is 1. The van der Waals surface area contributed by atoms with Crippen molar-refractivity contribution in [3.05, 3.63) is 65.7 Å². The lowest BCUT2D eigenvalue weighted by atomic mass is 9.82. The fourth-order valence-corrected chi connectivity index (χ4v) is 3.96. The number of allylic oxidation sites excluding steroid dienone is 2. The van der Waals surface area contributed by atoms with Crippen molar-refractivity contribution in [2.45, 2.75) is 19.8 Å². The molecule has 2 aromatic carbocycles. The molecule has 0 spiro atoms. The van der Waals surface area contributed by atoms with Crippen LogP contribution in [-0.2, 0) is 9.59 Å². The fourth-order valence-electron chi connectivity index (χ4n) is 3.96. The van der Waals surface area contributed by atoms with Crippen LogP contribution >= 0.6 is 0 Å². The summed E-state index contributed by atoms with van der Waals surface area (Å²) in [6.07, 6.45) is 3.24. The Balaban J connectivity index is 1.55. The number of hydrogen-bond acceptors (Lipinski definition) is 4. The van der Waals surface area contributed by atoms with Crippen LogP contribution in [0.3, 0.4) is 0 Å². The Morgan fingerprint density at radius 1 is 1.07 bits per heavy atom. The molecule has 0 saturated carbocycles. The molecule has 1 saturated heterocycles. The van der Waals surface area contributed by atoms with Crippen LogP contribution in [0, 0.1) is 11.8 Å². The van der Waals surface area contributed by atoms with Gasteiger partial charge >= 0.3 is 0 Å². The van der Waals surface area contributed by atoms with Gasteiger partial charge in [0.15, 0.2) is 0 Å². The predicted molar refractivity (Wildman–Crippen MR) is 110 cm³/mol. The van der Waals surface area contributed by atoms with Gasteiger partial charge in [-0.1, -0.05) is 17.7 Å². The first-order chi connectivity index (χ1) is 14.0. The molecule has 0 aromatic heterocycles. The number of hydrogen-bond donors (Lipinski definition) is 1. The molecule has 4 rings (SSSR count). The number of fused-ring (bicyclic) bond motifs is 1. The van der Waals surface area contributed by atoms with Gasteiger partial charge in [-0.15, -0.1) is 0 Å². The minimum absolute atomic E-state index is 0.180. The second-order valence-electron chi connectivity index (χ2n) is 7.45. The molecule has 1 fully saturated rings. The highest BCUT2D eigenvalue weighted by atomic mass is 16.5. The Morgan fingerprint density at radius 2 is 1.79 bits per heavy atom. The van der Waals surface area contributed by atoms with E-state index in [2.05, 4.69) is 5.32 Å². The molecule has 0 radical (unpaired) electrons. The zero-order valence-corrected chi connectivity index (χ0v) is 16.3. The summed E-state index contributed by atoms with van der Waals surface area (Å²) in [5, 5.41) is 2.81. The second-order valence-corrected chi connectivity index (χ2v) is 7.45. The molecule has 0 unspecified atom stereocenters. The summed E-state index contributed by atoms with van der Waals surface area (Å²) in [7, 11) is 1.58. The quantitative estimate of drug-likeness (QED) is 0.637. The molecule has 2 aliphatic rings. The van der Waals surface area contributed by atoms with Crippen LogP contribution in [0.4, 0.5) is 11.4 Å². The molecule has 6 nitrogen and oxygen atoms in total. The van der Waals surface area contributed by atoms with Crippen LogP contribution in [0.5, 0.6) is 5.75 Å². The molecule has 2 atom stereocenters. The van der Waals surface area contributed by atoms with Gasteiger partial charge in [0, 0.05) is 11.3 Å². The van der Waals surface area contributed by atoms with Crippen molar-refractivity contribution < 1.29 is 19.1 Å². The highest BCUT2D eigenvalue weighted by Gasteiger charge is 2.48. The number of amides is 3. The van der Waals surface area contributed by atoms with Gasteiger partial charge in [-0.25, -0.2) is 0 Å². The number of rotatable bonds is 4. The second kappa shape index (κ2) is 7.54. The van der Waals surface area contributed by atoms with Gasteiger partial charge in [0.05, 0.1) is 24.6 Å². The van der Waals surface area contributed by atoms with E-state index in [0.29, 0.717) is 35.5 Å². The van der Waals surface area contributed by atoms with Gasteiger partial charge in [-0.3, -0.25) is 19.3 Å². The van der Waals surface area contributed by atoms with Crippen LogP contribution in [-0.4, -0.2) is 24.8 Å². The van der Waals surface area contributed by atoms with E-state index in [1.54, 1.807) is 55.6 Å². The number of carbonyl (C=O) groups excluding carboxylic acids is 3. The van der Waals surface area contributed by atoms with Crippen molar-refractivity contribution in [3.8, 4) is 5.75 Å². The maximum absolute atomic E-state index is 12.9. The summed E-state index contributed by atoms with van der Waals surface area (Å²) in [6, 6.07) is 13.6. The third-order valence-corrected chi connectivity index (χ3v) is 5.54. The summed E-state index contributed by atoms with van der Waals surface area (Å²) < 4.78 is 5.11. The van der Waals surface area contributed by atoms with Crippen molar-refractivity contribution in [1.29, 1.82) is 0 Å². The molecular weight excluding hydrogens is 368 g/mol. The Kier molecular flexibility index (Phi) is 4.92. The average Bonchev–Trinajstić information content (AvgIpc) is 2.98. The summed E-state index contributed by atoms with van der Waals surface area (Å²) in [5.41, 5.74) is 2.58. The number of nitrogens with one attached hydrogen (secondary N) is 1. The standard InChI is InChI=1S/C23H22N2O4/c1-14-6-11-19-20(12-14)23(28)25(22(19)27)17-5-3-4-15(13-17)21(26)24-16-7-9-18(29-2)10-8-16/h3-10,13,19-20H,11-12H2,1-2H3,(H,24,26)/t19-,20-/m0/s1. The third kappa shape index (κ3) is 3.53. The minimum atomic E-state index is -0.314. The number of benzene rings is 2. The fraction of sp³-hybridized carbons (Fsp3) is 0.261. The summed E-state index contributed by atoms with van der Waals surface area (Å²) >= 11 is 0. The topological polar surface area (TPSA) is 75.7 Å². The van der Waals surface area contributed by atoms with Gasteiger partial charge in [-0.2, -0.15) is 0 Å². The molecule has 1 heterocycles. The van der Waals surface area contributed by atoms with E-state index in [0.717, 1.165) is 5.57 Å². The molecule has 148 valence electrons. The van der Waals surface area contributed by atoms with Crippen LogP contribution in [0.25, 0.3) is 0 Å². The molecule has 1 aliphatic carbocycles. The van der Waals surface area contributed by atoms with Gasteiger partial charge in [0.25, 0.3) is 5.91 Å². The maximum atomic E-state index is 12.9.